The third-order valence-corrected chi connectivity index (χ3v) is 4.23. The van der Waals surface area contributed by atoms with Crippen LogP contribution in [0, 0.1) is 0 Å². The molecule has 4 heteroatoms. The van der Waals surface area contributed by atoms with Crippen LogP contribution in [-0.4, -0.2) is 17.6 Å². The predicted molar refractivity (Wildman–Crippen MR) is 97.5 cm³/mol. The molecule has 3 aromatic rings. The molecule has 0 radical (unpaired) electrons. The summed E-state index contributed by atoms with van der Waals surface area (Å²) in [5.41, 5.74) is 3.21. The highest BCUT2D eigenvalue weighted by molar-refractivity contribution is 6.01. The van der Waals surface area contributed by atoms with Crippen LogP contribution in [0.1, 0.15) is 18.4 Å². The quantitative estimate of drug-likeness (QED) is 0.741. The van der Waals surface area contributed by atoms with Crippen molar-refractivity contribution in [3.8, 4) is 5.75 Å². The van der Waals surface area contributed by atoms with Gasteiger partial charge in [-0.15, -0.1) is 0 Å². The average Bonchev–Trinajstić information content (AvgIpc) is 2.98. The van der Waals surface area contributed by atoms with Crippen molar-refractivity contribution in [2.75, 3.05) is 12.4 Å². The largest absolute Gasteiger partial charge is 0.497 e. The van der Waals surface area contributed by atoms with E-state index >= 15 is 0 Å². The minimum atomic E-state index is 0.0554. The van der Waals surface area contributed by atoms with Crippen LogP contribution < -0.4 is 10.1 Å². The van der Waals surface area contributed by atoms with Crippen molar-refractivity contribution in [3.63, 3.8) is 0 Å². The summed E-state index contributed by atoms with van der Waals surface area (Å²) in [4.78, 5) is 12.2. The number of aromatic nitrogens is 1. The van der Waals surface area contributed by atoms with E-state index in [9.17, 15) is 4.79 Å². The molecule has 4 nitrogen and oxygen atoms in total. The molecule has 1 aromatic heterocycles. The Kier molecular flexibility index (Phi) is 4.85. The second-order valence-electron chi connectivity index (χ2n) is 5.91. The van der Waals surface area contributed by atoms with E-state index in [-0.39, 0.29) is 5.91 Å². The number of rotatable bonds is 6. The summed E-state index contributed by atoms with van der Waals surface area (Å²) in [5.74, 6) is 0.910. The number of anilines is 1. The first-order chi connectivity index (χ1) is 11.7. The minimum absolute atomic E-state index is 0.0554. The molecule has 124 valence electrons. The third-order valence-electron chi connectivity index (χ3n) is 4.23. The van der Waals surface area contributed by atoms with Gasteiger partial charge in [0.1, 0.15) is 5.75 Å². The van der Waals surface area contributed by atoms with Crippen LogP contribution in [0.15, 0.2) is 54.7 Å². The maximum Gasteiger partial charge on any atom is 0.224 e. The van der Waals surface area contributed by atoms with E-state index in [2.05, 4.69) is 16.0 Å². The van der Waals surface area contributed by atoms with Crippen LogP contribution in [-0.2, 0) is 18.3 Å². The lowest BCUT2D eigenvalue weighted by Gasteiger charge is -2.08. The molecule has 1 amide bonds. The molecule has 0 unspecified atom stereocenters. The molecule has 0 saturated carbocycles. The molecule has 0 aliphatic heterocycles. The van der Waals surface area contributed by atoms with Crippen LogP contribution in [0.5, 0.6) is 5.75 Å². The Morgan fingerprint density at radius 2 is 1.92 bits per heavy atom. The zero-order valence-electron chi connectivity index (χ0n) is 14.1. The number of fused-ring (bicyclic) bond motifs is 1. The first kappa shape index (κ1) is 16.1. The predicted octanol–water partition coefficient (Wildman–Crippen LogP) is 4.15. The van der Waals surface area contributed by atoms with Crippen molar-refractivity contribution in [1.82, 2.24) is 4.57 Å². The molecule has 1 heterocycles. The standard InChI is InChI=1S/C20H22N2O2/c1-22-14-13-17-18(6-4-7-19(17)22)21-20(23)8-3-5-15-9-11-16(24-2)12-10-15/h4,6-7,9-14H,3,5,8H2,1-2H3,(H,21,23). The van der Waals surface area contributed by atoms with Crippen molar-refractivity contribution in [2.24, 2.45) is 7.05 Å². The number of hydrogen-bond donors (Lipinski definition) is 1. The lowest BCUT2D eigenvalue weighted by Crippen LogP contribution is -2.11. The number of amides is 1. The van der Waals surface area contributed by atoms with Gasteiger partial charge in [0.25, 0.3) is 0 Å². The molecule has 0 atom stereocenters. The van der Waals surface area contributed by atoms with Crippen LogP contribution >= 0.6 is 0 Å². The van der Waals surface area contributed by atoms with Crippen molar-refractivity contribution in [1.29, 1.82) is 0 Å². The lowest BCUT2D eigenvalue weighted by molar-refractivity contribution is -0.116. The Hall–Kier alpha value is -2.75. The second kappa shape index (κ2) is 7.21. The number of aryl methyl sites for hydroxylation is 2. The second-order valence-corrected chi connectivity index (χ2v) is 5.91. The van der Waals surface area contributed by atoms with Gasteiger partial charge in [-0.25, -0.2) is 0 Å². The summed E-state index contributed by atoms with van der Waals surface area (Å²) in [6, 6.07) is 16.0. The summed E-state index contributed by atoms with van der Waals surface area (Å²) in [5, 5.41) is 4.10. The van der Waals surface area contributed by atoms with Gasteiger partial charge in [0, 0.05) is 30.6 Å². The molecule has 0 saturated heterocycles. The van der Waals surface area contributed by atoms with Crippen LogP contribution in [0.25, 0.3) is 10.9 Å². The number of carbonyl (C=O) groups is 1. The van der Waals surface area contributed by atoms with Gasteiger partial charge in [-0.1, -0.05) is 18.2 Å². The van der Waals surface area contributed by atoms with Gasteiger partial charge in [0.05, 0.1) is 12.8 Å². The summed E-state index contributed by atoms with van der Waals surface area (Å²) < 4.78 is 7.20. The highest BCUT2D eigenvalue weighted by atomic mass is 16.5. The molecule has 2 aromatic carbocycles. The van der Waals surface area contributed by atoms with E-state index in [0.29, 0.717) is 6.42 Å². The Balaban J connectivity index is 1.55. The summed E-state index contributed by atoms with van der Waals surface area (Å²) in [7, 11) is 3.66. The molecule has 0 bridgehead atoms. The minimum Gasteiger partial charge on any atom is -0.497 e. The zero-order chi connectivity index (χ0) is 16.9. The van der Waals surface area contributed by atoms with Gasteiger partial charge in [0.2, 0.25) is 5.91 Å². The summed E-state index contributed by atoms with van der Waals surface area (Å²) in [6.07, 6.45) is 4.22. The molecular formula is C20H22N2O2. The van der Waals surface area contributed by atoms with E-state index in [4.69, 9.17) is 4.74 Å². The van der Waals surface area contributed by atoms with E-state index < -0.39 is 0 Å². The van der Waals surface area contributed by atoms with E-state index in [1.807, 2.05) is 55.7 Å². The maximum absolute atomic E-state index is 12.2. The summed E-state index contributed by atoms with van der Waals surface area (Å²) >= 11 is 0. The number of ether oxygens (including phenoxy) is 1. The number of nitrogens with zero attached hydrogens (tertiary/aromatic N) is 1. The Bertz CT molecular complexity index is 834. The zero-order valence-corrected chi connectivity index (χ0v) is 14.1. The fourth-order valence-electron chi connectivity index (χ4n) is 2.87. The Morgan fingerprint density at radius 1 is 1.12 bits per heavy atom. The van der Waals surface area contributed by atoms with Crippen LogP contribution in [0.3, 0.4) is 0 Å². The first-order valence-corrected chi connectivity index (χ1v) is 8.14. The van der Waals surface area contributed by atoms with Crippen molar-refractivity contribution >= 4 is 22.5 Å². The maximum atomic E-state index is 12.2. The molecule has 24 heavy (non-hydrogen) atoms. The van der Waals surface area contributed by atoms with Crippen molar-refractivity contribution < 1.29 is 9.53 Å². The Labute approximate surface area is 142 Å². The summed E-state index contributed by atoms with van der Waals surface area (Å²) in [6.45, 7) is 0. The van der Waals surface area contributed by atoms with Gasteiger partial charge in [-0.05, 0) is 48.7 Å². The smallest absolute Gasteiger partial charge is 0.224 e. The van der Waals surface area contributed by atoms with Gasteiger partial charge < -0.3 is 14.6 Å². The lowest BCUT2D eigenvalue weighted by atomic mass is 10.1. The fourth-order valence-corrected chi connectivity index (χ4v) is 2.87. The van der Waals surface area contributed by atoms with Gasteiger partial charge >= 0.3 is 0 Å². The molecular weight excluding hydrogens is 300 g/mol. The number of carbonyl (C=O) groups excluding carboxylic acids is 1. The molecule has 0 aliphatic carbocycles. The first-order valence-electron chi connectivity index (χ1n) is 8.14. The van der Waals surface area contributed by atoms with E-state index in [1.54, 1.807) is 7.11 Å². The molecule has 0 fully saturated rings. The van der Waals surface area contributed by atoms with Crippen LogP contribution in [0.4, 0.5) is 5.69 Å². The van der Waals surface area contributed by atoms with Crippen molar-refractivity contribution in [3.05, 3.63) is 60.3 Å². The SMILES string of the molecule is COc1ccc(CCCC(=O)Nc2cccc3c2ccn3C)cc1. The Morgan fingerprint density at radius 3 is 2.67 bits per heavy atom. The van der Waals surface area contributed by atoms with E-state index in [0.717, 1.165) is 35.2 Å². The number of benzene rings is 2. The average molecular weight is 322 g/mol. The number of hydrogen-bond acceptors (Lipinski definition) is 2. The normalized spacial score (nSPS) is 10.8. The van der Waals surface area contributed by atoms with Gasteiger partial charge in [0.15, 0.2) is 0 Å². The highest BCUT2D eigenvalue weighted by Crippen LogP contribution is 2.24. The molecule has 3 rings (SSSR count). The number of nitrogens with one attached hydrogen (secondary N) is 1. The topological polar surface area (TPSA) is 43.3 Å². The molecule has 0 aliphatic rings. The van der Waals surface area contributed by atoms with Gasteiger partial charge in [-0.2, -0.15) is 0 Å². The molecule has 0 spiro atoms. The fraction of sp³-hybridized carbons (Fsp3) is 0.250. The van der Waals surface area contributed by atoms with E-state index in [1.165, 1.54) is 5.56 Å². The third kappa shape index (κ3) is 3.59. The highest BCUT2D eigenvalue weighted by Gasteiger charge is 2.07. The number of methoxy groups -OCH3 is 1. The van der Waals surface area contributed by atoms with Gasteiger partial charge in [-0.3, -0.25) is 4.79 Å². The molecule has 1 N–H and O–H groups in total. The van der Waals surface area contributed by atoms with Crippen molar-refractivity contribution in [2.45, 2.75) is 19.3 Å². The van der Waals surface area contributed by atoms with Crippen LogP contribution in [0.2, 0.25) is 0 Å². The monoisotopic (exact) mass is 322 g/mol.